The van der Waals surface area contributed by atoms with E-state index in [0.29, 0.717) is 4.47 Å². The highest BCUT2D eigenvalue weighted by Gasteiger charge is 2.19. The molecule has 1 N–H and O–H groups in total. The number of terminal acetylenes is 1. The van der Waals surface area contributed by atoms with Gasteiger partial charge in [0.2, 0.25) is 10.0 Å². The van der Waals surface area contributed by atoms with Gasteiger partial charge in [-0.2, -0.15) is 4.72 Å². The maximum Gasteiger partial charge on any atom is 0.243 e. The van der Waals surface area contributed by atoms with Crippen molar-refractivity contribution in [3.63, 3.8) is 0 Å². The molecule has 1 aromatic carbocycles. The molecule has 0 aliphatic heterocycles. The molecule has 0 fully saturated rings. The van der Waals surface area contributed by atoms with E-state index in [2.05, 4.69) is 26.6 Å². The van der Waals surface area contributed by atoms with Crippen LogP contribution in [0.1, 0.15) is 6.92 Å². The zero-order valence-electron chi connectivity index (χ0n) is 8.37. The Morgan fingerprint density at radius 3 is 2.69 bits per heavy atom. The van der Waals surface area contributed by atoms with E-state index in [-0.39, 0.29) is 9.92 Å². The van der Waals surface area contributed by atoms with E-state index in [4.69, 9.17) is 18.0 Å². The monoisotopic (exact) mass is 321 g/mol. The maximum absolute atomic E-state index is 11.8. The van der Waals surface area contributed by atoms with Crippen LogP contribution < -0.4 is 4.72 Å². The summed E-state index contributed by atoms with van der Waals surface area (Å²) in [5, 5.41) is 0.145. The van der Waals surface area contributed by atoms with E-state index in [9.17, 15) is 8.42 Å². The third-order valence-electron chi connectivity index (χ3n) is 1.77. The molecule has 1 aromatic rings. The molecule has 0 bridgehead atoms. The van der Waals surface area contributed by atoms with Gasteiger partial charge in [-0.05, 0) is 25.1 Å². The quantitative estimate of drug-likeness (QED) is 0.869. The number of hydrogen-bond acceptors (Lipinski definition) is 2. The van der Waals surface area contributed by atoms with Crippen LogP contribution in [0.5, 0.6) is 0 Å². The van der Waals surface area contributed by atoms with Gasteiger partial charge in [-0.25, -0.2) is 8.42 Å². The van der Waals surface area contributed by atoms with Gasteiger partial charge in [0, 0.05) is 4.47 Å². The van der Waals surface area contributed by atoms with Gasteiger partial charge in [0.05, 0.1) is 11.1 Å². The molecule has 0 aliphatic carbocycles. The van der Waals surface area contributed by atoms with Gasteiger partial charge in [0.15, 0.2) is 0 Å². The highest BCUT2D eigenvalue weighted by molar-refractivity contribution is 9.10. The van der Waals surface area contributed by atoms with Crippen LogP contribution in [-0.4, -0.2) is 14.5 Å². The fourth-order valence-electron chi connectivity index (χ4n) is 1.02. The number of halogens is 2. The minimum atomic E-state index is -3.66. The van der Waals surface area contributed by atoms with E-state index in [1.165, 1.54) is 12.1 Å². The second-order valence-corrected chi connectivity index (χ2v) is 6.09. The molecule has 0 saturated heterocycles. The summed E-state index contributed by atoms with van der Waals surface area (Å²) in [7, 11) is -3.66. The van der Waals surface area contributed by atoms with Crippen LogP contribution in [0.4, 0.5) is 0 Å². The van der Waals surface area contributed by atoms with E-state index in [0.717, 1.165) is 0 Å². The SMILES string of the molecule is C#CC(C)NS(=O)(=O)c1ccc(Br)cc1Cl. The molecule has 3 nitrogen and oxygen atoms in total. The van der Waals surface area contributed by atoms with Crippen molar-refractivity contribution in [2.75, 3.05) is 0 Å². The Morgan fingerprint density at radius 1 is 1.56 bits per heavy atom. The van der Waals surface area contributed by atoms with Crippen LogP contribution >= 0.6 is 27.5 Å². The molecule has 0 aliphatic rings. The first-order valence-electron chi connectivity index (χ1n) is 4.30. The van der Waals surface area contributed by atoms with Crippen molar-refractivity contribution in [2.24, 2.45) is 0 Å². The van der Waals surface area contributed by atoms with Crippen molar-refractivity contribution >= 4 is 37.6 Å². The maximum atomic E-state index is 11.8. The Hall–Kier alpha value is -0.540. The summed E-state index contributed by atoms with van der Waals surface area (Å²) in [6, 6.07) is 3.94. The number of hydrogen-bond donors (Lipinski definition) is 1. The second kappa shape index (κ2) is 5.19. The van der Waals surface area contributed by atoms with Crippen molar-refractivity contribution < 1.29 is 8.42 Å². The lowest BCUT2D eigenvalue weighted by Crippen LogP contribution is -2.31. The van der Waals surface area contributed by atoms with E-state index < -0.39 is 16.1 Å². The van der Waals surface area contributed by atoms with Gasteiger partial charge in [0.1, 0.15) is 4.90 Å². The molecule has 0 amide bonds. The van der Waals surface area contributed by atoms with Crippen molar-refractivity contribution in [3.8, 4) is 12.3 Å². The molecule has 0 radical (unpaired) electrons. The molecule has 86 valence electrons. The molecule has 1 rings (SSSR count). The standard InChI is InChI=1S/C10H9BrClNO2S/c1-3-7(2)13-16(14,15)10-5-4-8(11)6-9(10)12/h1,4-7,13H,2H3. The van der Waals surface area contributed by atoms with Crippen molar-refractivity contribution in [1.29, 1.82) is 0 Å². The second-order valence-electron chi connectivity index (χ2n) is 3.08. The van der Waals surface area contributed by atoms with Crippen molar-refractivity contribution in [3.05, 3.63) is 27.7 Å². The van der Waals surface area contributed by atoms with E-state index >= 15 is 0 Å². The van der Waals surface area contributed by atoms with Crippen LogP contribution in [-0.2, 0) is 10.0 Å². The fraction of sp³-hybridized carbons (Fsp3) is 0.200. The number of rotatable bonds is 3. The Bertz CT molecular complexity index is 536. The summed E-state index contributed by atoms with van der Waals surface area (Å²) in [4.78, 5) is 0.0134. The summed E-state index contributed by atoms with van der Waals surface area (Å²) in [6.45, 7) is 1.57. The first-order chi connectivity index (χ1) is 7.36. The van der Waals surface area contributed by atoms with Gasteiger partial charge < -0.3 is 0 Å². The lowest BCUT2D eigenvalue weighted by Gasteiger charge is -2.10. The summed E-state index contributed by atoms with van der Waals surface area (Å²) < 4.78 is 26.7. The van der Waals surface area contributed by atoms with E-state index in [1.807, 2.05) is 0 Å². The van der Waals surface area contributed by atoms with Crippen molar-refractivity contribution in [2.45, 2.75) is 17.9 Å². The molecular weight excluding hydrogens is 314 g/mol. The smallest absolute Gasteiger partial charge is 0.207 e. The lowest BCUT2D eigenvalue weighted by atomic mass is 10.4. The Balaban J connectivity index is 3.14. The molecule has 0 aromatic heterocycles. The highest BCUT2D eigenvalue weighted by atomic mass is 79.9. The van der Waals surface area contributed by atoms with Gasteiger partial charge in [-0.1, -0.05) is 33.5 Å². The van der Waals surface area contributed by atoms with Crippen LogP contribution in [0, 0.1) is 12.3 Å². The zero-order chi connectivity index (χ0) is 12.3. The zero-order valence-corrected chi connectivity index (χ0v) is 11.5. The molecular formula is C10H9BrClNO2S. The minimum Gasteiger partial charge on any atom is -0.207 e. The Labute approximate surface area is 108 Å². The van der Waals surface area contributed by atoms with Crippen LogP contribution in [0.15, 0.2) is 27.6 Å². The fourth-order valence-corrected chi connectivity index (χ4v) is 3.22. The minimum absolute atomic E-state index is 0.0134. The number of benzene rings is 1. The predicted octanol–water partition coefficient (Wildman–Crippen LogP) is 2.40. The predicted molar refractivity (Wildman–Crippen MR) is 67.8 cm³/mol. The summed E-state index contributed by atoms with van der Waals surface area (Å²) >= 11 is 9.04. The normalized spacial score (nSPS) is 13.1. The molecule has 0 saturated carbocycles. The topological polar surface area (TPSA) is 46.2 Å². The van der Waals surface area contributed by atoms with E-state index in [1.54, 1.807) is 13.0 Å². The number of nitrogens with one attached hydrogen (secondary N) is 1. The molecule has 0 heterocycles. The lowest BCUT2D eigenvalue weighted by molar-refractivity contribution is 0.578. The average Bonchev–Trinajstić information content (AvgIpc) is 2.16. The van der Waals surface area contributed by atoms with Crippen LogP contribution in [0.25, 0.3) is 0 Å². The summed E-state index contributed by atoms with van der Waals surface area (Å²) in [5.74, 6) is 2.28. The van der Waals surface area contributed by atoms with Gasteiger partial charge in [0.25, 0.3) is 0 Å². The Kier molecular flexibility index (Phi) is 4.39. The molecule has 1 atom stereocenters. The Morgan fingerprint density at radius 2 is 2.19 bits per heavy atom. The van der Waals surface area contributed by atoms with Crippen LogP contribution in [0.3, 0.4) is 0 Å². The molecule has 6 heteroatoms. The average molecular weight is 323 g/mol. The van der Waals surface area contributed by atoms with Gasteiger partial charge in [-0.15, -0.1) is 6.42 Å². The van der Waals surface area contributed by atoms with Crippen molar-refractivity contribution in [1.82, 2.24) is 4.72 Å². The molecule has 1 unspecified atom stereocenters. The summed E-state index contributed by atoms with van der Waals surface area (Å²) in [6.07, 6.45) is 5.10. The first kappa shape index (κ1) is 13.5. The third-order valence-corrected chi connectivity index (χ3v) is 4.28. The third kappa shape index (κ3) is 3.22. The largest absolute Gasteiger partial charge is 0.243 e. The molecule has 16 heavy (non-hydrogen) atoms. The number of sulfonamides is 1. The first-order valence-corrected chi connectivity index (χ1v) is 6.96. The van der Waals surface area contributed by atoms with Crippen LogP contribution in [0.2, 0.25) is 5.02 Å². The summed E-state index contributed by atoms with van der Waals surface area (Å²) in [5.41, 5.74) is 0. The molecule has 0 spiro atoms. The highest BCUT2D eigenvalue weighted by Crippen LogP contribution is 2.25. The van der Waals surface area contributed by atoms with Gasteiger partial charge >= 0.3 is 0 Å². The van der Waals surface area contributed by atoms with Gasteiger partial charge in [-0.3, -0.25) is 0 Å².